The predicted molar refractivity (Wildman–Crippen MR) is 82.1 cm³/mol. The minimum Gasteiger partial charge on any atom is -0.362 e. The first-order valence-electron chi connectivity index (χ1n) is 6.51. The molecule has 3 rings (SSSR count). The van der Waals surface area contributed by atoms with Crippen molar-refractivity contribution in [2.75, 3.05) is 0 Å². The Morgan fingerprint density at radius 1 is 1.14 bits per heavy atom. The Hall–Kier alpha value is -2.89. The van der Waals surface area contributed by atoms with E-state index in [9.17, 15) is 9.59 Å². The van der Waals surface area contributed by atoms with Crippen molar-refractivity contribution in [3.8, 4) is 0 Å². The lowest BCUT2D eigenvalue weighted by Gasteiger charge is -2.00. The summed E-state index contributed by atoms with van der Waals surface area (Å²) in [6.07, 6.45) is 1.50. The third-order valence-electron chi connectivity index (χ3n) is 3.29. The minimum absolute atomic E-state index is 0.427. The standard InChI is InChI=1S/C15H14N4O2/c1-9-7-11(10(2)17-9)8-16-19-14(20)12-5-3-4-6-13(12)18-15(19)21/h3-8,17H,1-2H3,(H,18,21). The zero-order chi connectivity index (χ0) is 15.0. The van der Waals surface area contributed by atoms with Crippen LogP contribution in [0.3, 0.4) is 0 Å². The average Bonchev–Trinajstić information content (AvgIpc) is 2.77. The number of fused-ring (bicyclic) bond motifs is 1. The van der Waals surface area contributed by atoms with E-state index in [-0.39, 0.29) is 0 Å². The topological polar surface area (TPSA) is 83.0 Å². The normalized spacial score (nSPS) is 11.5. The molecule has 0 spiro atoms. The van der Waals surface area contributed by atoms with Gasteiger partial charge in [-0.25, -0.2) is 4.79 Å². The number of benzene rings is 1. The smallest absolute Gasteiger partial charge is 0.349 e. The fraction of sp³-hybridized carbons (Fsp3) is 0.133. The van der Waals surface area contributed by atoms with Gasteiger partial charge in [-0.3, -0.25) is 4.79 Å². The van der Waals surface area contributed by atoms with Crippen LogP contribution in [0.15, 0.2) is 45.0 Å². The van der Waals surface area contributed by atoms with Gasteiger partial charge in [-0.1, -0.05) is 12.1 Å². The minimum atomic E-state index is -0.556. The Bertz CT molecular complexity index is 960. The van der Waals surface area contributed by atoms with E-state index in [4.69, 9.17) is 0 Å². The van der Waals surface area contributed by atoms with E-state index in [0.717, 1.165) is 21.6 Å². The highest BCUT2D eigenvalue weighted by Gasteiger charge is 2.06. The molecule has 0 aliphatic carbocycles. The molecule has 0 fully saturated rings. The maximum absolute atomic E-state index is 12.3. The van der Waals surface area contributed by atoms with Gasteiger partial charge in [0.15, 0.2) is 0 Å². The first-order chi connectivity index (χ1) is 10.1. The highest BCUT2D eigenvalue weighted by atomic mass is 16.2. The lowest BCUT2D eigenvalue weighted by molar-refractivity contribution is 0.771. The van der Waals surface area contributed by atoms with Crippen LogP contribution in [0.2, 0.25) is 0 Å². The van der Waals surface area contributed by atoms with Crippen molar-refractivity contribution in [2.24, 2.45) is 5.10 Å². The van der Waals surface area contributed by atoms with Crippen molar-refractivity contribution in [2.45, 2.75) is 13.8 Å². The van der Waals surface area contributed by atoms with E-state index in [0.29, 0.717) is 10.9 Å². The number of H-pyrrole nitrogens is 2. The molecule has 0 amide bonds. The number of hydrogen-bond acceptors (Lipinski definition) is 3. The molecular weight excluding hydrogens is 268 g/mol. The molecule has 0 atom stereocenters. The van der Waals surface area contributed by atoms with E-state index in [1.807, 2.05) is 19.9 Å². The van der Waals surface area contributed by atoms with E-state index in [1.54, 1.807) is 24.3 Å². The van der Waals surface area contributed by atoms with Gasteiger partial charge in [0.2, 0.25) is 0 Å². The summed E-state index contributed by atoms with van der Waals surface area (Å²) < 4.78 is 0.837. The molecule has 2 N–H and O–H groups in total. The number of hydrogen-bond donors (Lipinski definition) is 2. The number of aromatic nitrogens is 3. The highest BCUT2D eigenvalue weighted by Crippen LogP contribution is 2.06. The monoisotopic (exact) mass is 282 g/mol. The van der Waals surface area contributed by atoms with Crippen LogP contribution in [0.25, 0.3) is 10.9 Å². The molecule has 21 heavy (non-hydrogen) atoms. The largest absolute Gasteiger partial charge is 0.362 e. The number of aromatic amines is 2. The Morgan fingerprint density at radius 3 is 2.62 bits per heavy atom. The fourth-order valence-electron chi connectivity index (χ4n) is 2.26. The van der Waals surface area contributed by atoms with E-state index >= 15 is 0 Å². The van der Waals surface area contributed by atoms with Crippen LogP contribution < -0.4 is 11.2 Å². The van der Waals surface area contributed by atoms with Crippen molar-refractivity contribution < 1.29 is 0 Å². The summed E-state index contributed by atoms with van der Waals surface area (Å²) in [5.41, 5.74) is 2.28. The quantitative estimate of drug-likeness (QED) is 0.698. The highest BCUT2D eigenvalue weighted by molar-refractivity contribution is 5.81. The first kappa shape index (κ1) is 13.1. The number of rotatable bonds is 2. The lowest BCUT2D eigenvalue weighted by Crippen LogP contribution is -2.32. The molecule has 0 saturated carbocycles. The van der Waals surface area contributed by atoms with Gasteiger partial charge >= 0.3 is 5.69 Å². The van der Waals surface area contributed by atoms with E-state index in [2.05, 4.69) is 15.1 Å². The Morgan fingerprint density at radius 2 is 1.90 bits per heavy atom. The third-order valence-corrected chi connectivity index (χ3v) is 3.29. The summed E-state index contributed by atoms with van der Waals surface area (Å²) in [7, 11) is 0. The van der Waals surface area contributed by atoms with Crippen LogP contribution >= 0.6 is 0 Å². The molecule has 0 saturated heterocycles. The fourth-order valence-corrected chi connectivity index (χ4v) is 2.26. The summed E-state index contributed by atoms with van der Waals surface area (Å²) in [5.74, 6) is 0. The Balaban J connectivity index is 2.15. The molecule has 2 aromatic heterocycles. The second-order valence-corrected chi connectivity index (χ2v) is 4.87. The molecule has 0 radical (unpaired) electrons. The summed E-state index contributed by atoms with van der Waals surface area (Å²) >= 11 is 0. The van der Waals surface area contributed by atoms with Gasteiger partial charge in [-0.05, 0) is 32.0 Å². The molecule has 6 nitrogen and oxygen atoms in total. The lowest BCUT2D eigenvalue weighted by atomic mass is 10.2. The van der Waals surface area contributed by atoms with Gasteiger partial charge in [-0.2, -0.15) is 5.10 Å². The summed E-state index contributed by atoms with van der Waals surface area (Å²) in [4.78, 5) is 30.0. The summed E-state index contributed by atoms with van der Waals surface area (Å²) in [6, 6.07) is 8.75. The molecule has 0 unspecified atom stereocenters. The Kier molecular flexibility index (Phi) is 3.06. The van der Waals surface area contributed by atoms with Gasteiger partial charge < -0.3 is 9.97 Å². The summed E-state index contributed by atoms with van der Waals surface area (Å²) in [5, 5.41) is 4.44. The van der Waals surface area contributed by atoms with Crippen LogP contribution in [0.5, 0.6) is 0 Å². The maximum atomic E-state index is 12.3. The maximum Gasteiger partial charge on any atom is 0.349 e. The molecular formula is C15H14N4O2. The van der Waals surface area contributed by atoms with Crippen LogP contribution in [0.4, 0.5) is 0 Å². The van der Waals surface area contributed by atoms with Gasteiger partial charge in [0.05, 0.1) is 17.1 Å². The SMILES string of the molecule is Cc1cc(C=Nn2c(=O)[nH]c3ccccc3c2=O)c(C)[nH]1. The average molecular weight is 282 g/mol. The first-order valence-corrected chi connectivity index (χ1v) is 6.51. The molecule has 6 heteroatoms. The second-order valence-electron chi connectivity index (χ2n) is 4.87. The van der Waals surface area contributed by atoms with Gasteiger partial charge in [0.1, 0.15) is 0 Å². The molecule has 3 aromatic rings. The number of nitrogens with zero attached hydrogens (tertiary/aromatic N) is 2. The van der Waals surface area contributed by atoms with E-state index in [1.165, 1.54) is 6.21 Å². The van der Waals surface area contributed by atoms with Crippen molar-refractivity contribution >= 4 is 17.1 Å². The number of para-hydroxylation sites is 1. The zero-order valence-electron chi connectivity index (χ0n) is 11.7. The molecule has 0 aliphatic heterocycles. The zero-order valence-corrected chi connectivity index (χ0v) is 11.7. The van der Waals surface area contributed by atoms with Gasteiger partial charge in [0.25, 0.3) is 5.56 Å². The van der Waals surface area contributed by atoms with Crippen molar-refractivity contribution in [1.82, 2.24) is 14.6 Å². The van der Waals surface area contributed by atoms with Crippen molar-refractivity contribution in [3.05, 3.63) is 68.1 Å². The van der Waals surface area contributed by atoms with Crippen LogP contribution in [0, 0.1) is 13.8 Å². The molecule has 2 heterocycles. The van der Waals surface area contributed by atoms with Crippen LogP contribution in [-0.4, -0.2) is 20.9 Å². The van der Waals surface area contributed by atoms with Crippen LogP contribution in [0.1, 0.15) is 17.0 Å². The Labute approximate surface area is 119 Å². The predicted octanol–water partition coefficient (Wildman–Crippen LogP) is 1.52. The van der Waals surface area contributed by atoms with Gasteiger partial charge in [0, 0.05) is 17.0 Å². The second kappa shape index (κ2) is 4.90. The molecule has 106 valence electrons. The van der Waals surface area contributed by atoms with Gasteiger partial charge in [-0.15, -0.1) is 4.68 Å². The number of aryl methyl sites for hydroxylation is 2. The van der Waals surface area contributed by atoms with Crippen molar-refractivity contribution in [3.63, 3.8) is 0 Å². The molecule has 0 bridgehead atoms. The molecule has 1 aromatic carbocycles. The summed E-state index contributed by atoms with van der Waals surface area (Å²) in [6.45, 7) is 3.83. The van der Waals surface area contributed by atoms with Crippen LogP contribution in [-0.2, 0) is 0 Å². The number of nitrogens with one attached hydrogen (secondary N) is 2. The molecule has 0 aliphatic rings. The third kappa shape index (κ3) is 2.31. The van der Waals surface area contributed by atoms with Crippen molar-refractivity contribution in [1.29, 1.82) is 0 Å². The van der Waals surface area contributed by atoms with E-state index < -0.39 is 11.2 Å².